The van der Waals surface area contributed by atoms with Gasteiger partial charge < -0.3 is 9.47 Å². The van der Waals surface area contributed by atoms with Gasteiger partial charge in [0.2, 0.25) is 0 Å². The Hall–Kier alpha value is -2.97. The summed E-state index contributed by atoms with van der Waals surface area (Å²) >= 11 is 4.86. The minimum atomic E-state index is -0.540. The average molecular weight is 485 g/mol. The van der Waals surface area contributed by atoms with Gasteiger partial charge in [0.1, 0.15) is 24.5 Å². The van der Waals surface area contributed by atoms with Gasteiger partial charge in [-0.3, -0.25) is 9.20 Å². The Balaban J connectivity index is 1.47. The molecule has 0 unspecified atom stereocenters. The average Bonchev–Trinajstić information content (AvgIpc) is 3.13. The molecule has 0 saturated carbocycles. The van der Waals surface area contributed by atoms with Crippen LogP contribution in [0.5, 0.6) is 5.75 Å². The molecule has 6 nitrogen and oxygen atoms in total. The third-order valence-electron chi connectivity index (χ3n) is 4.43. The Morgan fingerprint density at radius 3 is 2.73 bits per heavy atom. The van der Waals surface area contributed by atoms with Crippen LogP contribution in [0.4, 0.5) is 0 Å². The molecule has 0 saturated heterocycles. The summed E-state index contributed by atoms with van der Waals surface area (Å²) in [4.78, 5) is 29.9. The summed E-state index contributed by atoms with van der Waals surface area (Å²) in [5.74, 6) is -0.113. The molecule has 0 N–H and O–H groups in total. The Kier molecular flexibility index (Phi) is 5.96. The first-order valence-corrected chi connectivity index (χ1v) is 10.8. The van der Waals surface area contributed by atoms with E-state index in [1.165, 1.54) is 21.8 Å². The first kappa shape index (κ1) is 20.3. The van der Waals surface area contributed by atoms with Crippen LogP contribution in [0.3, 0.4) is 0 Å². The smallest absolute Gasteiger partial charge is 0.342 e. The maximum Gasteiger partial charge on any atom is 0.342 e. The van der Waals surface area contributed by atoms with E-state index >= 15 is 0 Å². The van der Waals surface area contributed by atoms with Gasteiger partial charge in [0.05, 0.1) is 5.69 Å². The van der Waals surface area contributed by atoms with Crippen LogP contribution in [0.25, 0.3) is 4.96 Å². The third-order valence-corrected chi connectivity index (χ3v) is 6.15. The molecular formula is C22H17BrN2O4S. The van der Waals surface area contributed by atoms with E-state index in [0.29, 0.717) is 28.6 Å². The number of aryl methyl sites for hydroxylation is 1. The minimum absolute atomic E-state index is 0.0971. The lowest BCUT2D eigenvalue weighted by Gasteiger charge is -2.12. The zero-order valence-corrected chi connectivity index (χ0v) is 18.4. The molecule has 30 heavy (non-hydrogen) atoms. The summed E-state index contributed by atoms with van der Waals surface area (Å²) in [6.07, 6.45) is 0. The molecule has 4 aromatic rings. The Labute approximate surface area is 184 Å². The summed E-state index contributed by atoms with van der Waals surface area (Å²) in [5.41, 5.74) is 2.31. The molecule has 8 heteroatoms. The van der Waals surface area contributed by atoms with E-state index in [-0.39, 0.29) is 12.2 Å². The number of hydrogen-bond donors (Lipinski definition) is 0. The van der Waals surface area contributed by atoms with E-state index in [2.05, 4.69) is 20.9 Å². The molecule has 0 fully saturated rings. The van der Waals surface area contributed by atoms with Crippen molar-refractivity contribution in [2.45, 2.75) is 20.1 Å². The molecule has 0 atom stereocenters. The molecular weight excluding hydrogens is 468 g/mol. The lowest BCUT2D eigenvalue weighted by molar-refractivity contribution is 0.0462. The zero-order chi connectivity index (χ0) is 21.1. The van der Waals surface area contributed by atoms with Crippen molar-refractivity contribution in [1.29, 1.82) is 0 Å². The molecule has 0 bridgehead atoms. The molecule has 2 aromatic heterocycles. The number of para-hydroxylation sites is 1. The Morgan fingerprint density at radius 2 is 1.90 bits per heavy atom. The van der Waals surface area contributed by atoms with Gasteiger partial charge in [0.25, 0.3) is 5.56 Å². The van der Waals surface area contributed by atoms with Crippen molar-refractivity contribution < 1.29 is 14.3 Å². The fraction of sp³-hybridized carbons (Fsp3) is 0.136. The highest BCUT2D eigenvalue weighted by atomic mass is 79.9. The van der Waals surface area contributed by atoms with Crippen molar-refractivity contribution in [3.05, 3.63) is 97.3 Å². The number of fused-ring (bicyclic) bond motifs is 1. The van der Waals surface area contributed by atoms with E-state index in [1.54, 1.807) is 24.3 Å². The number of aromatic nitrogens is 2. The number of rotatable bonds is 6. The minimum Gasteiger partial charge on any atom is -0.488 e. The van der Waals surface area contributed by atoms with Gasteiger partial charge in [-0.1, -0.05) is 46.3 Å². The van der Waals surface area contributed by atoms with Gasteiger partial charge in [0.15, 0.2) is 4.96 Å². The summed E-state index contributed by atoms with van der Waals surface area (Å²) in [5, 5.41) is 1.86. The number of hydrogen-bond acceptors (Lipinski definition) is 6. The van der Waals surface area contributed by atoms with Gasteiger partial charge in [-0.15, -0.1) is 11.3 Å². The van der Waals surface area contributed by atoms with Crippen molar-refractivity contribution in [2.24, 2.45) is 0 Å². The number of carbonyl (C=O) groups is 1. The summed E-state index contributed by atoms with van der Waals surface area (Å²) < 4.78 is 13.7. The SMILES string of the molecule is Cc1csc2nc(COC(=O)c3ccccc3OCc3ccccc3Br)cc(=O)n12. The van der Waals surface area contributed by atoms with Crippen LogP contribution < -0.4 is 10.3 Å². The molecule has 0 aliphatic carbocycles. The van der Waals surface area contributed by atoms with Crippen molar-refractivity contribution in [2.75, 3.05) is 0 Å². The molecule has 0 amide bonds. The topological polar surface area (TPSA) is 69.9 Å². The van der Waals surface area contributed by atoms with Crippen LogP contribution >= 0.6 is 27.3 Å². The monoisotopic (exact) mass is 484 g/mol. The maximum atomic E-state index is 12.6. The predicted molar refractivity (Wildman–Crippen MR) is 118 cm³/mol. The molecule has 0 aliphatic rings. The highest BCUT2D eigenvalue weighted by Gasteiger charge is 2.15. The van der Waals surface area contributed by atoms with Crippen LogP contribution in [-0.4, -0.2) is 15.4 Å². The van der Waals surface area contributed by atoms with Crippen molar-refractivity contribution in [3.8, 4) is 5.75 Å². The standard InChI is InChI=1S/C22H17BrN2O4S/c1-14-13-30-22-24-16(10-20(26)25(14)22)12-29-21(27)17-7-3-5-9-19(17)28-11-15-6-2-4-8-18(15)23/h2-10,13H,11-12H2,1H3. The molecule has 0 radical (unpaired) electrons. The molecule has 0 aliphatic heterocycles. The summed E-state index contributed by atoms with van der Waals surface area (Å²) in [6.45, 7) is 2.05. The second-order valence-corrected chi connectivity index (χ2v) is 8.22. The molecule has 4 rings (SSSR count). The number of benzene rings is 2. The van der Waals surface area contributed by atoms with Gasteiger partial charge in [-0.05, 0) is 25.1 Å². The lowest BCUT2D eigenvalue weighted by atomic mass is 10.2. The number of esters is 1. The van der Waals surface area contributed by atoms with Crippen LogP contribution in [0.15, 0.2) is 69.2 Å². The molecule has 2 aromatic carbocycles. The maximum absolute atomic E-state index is 12.6. The fourth-order valence-corrected chi connectivity index (χ4v) is 4.21. The van der Waals surface area contributed by atoms with Gasteiger partial charge in [-0.2, -0.15) is 0 Å². The van der Waals surface area contributed by atoms with E-state index in [0.717, 1.165) is 15.7 Å². The normalized spacial score (nSPS) is 10.9. The van der Waals surface area contributed by atoms with E-state index in [1.807, 2.05) is 36.6 Å². The zero-order valence-electron chi connectivity index (χ0n) is 16.0. The van der Waals surface area contributed by atoms with Crippen LogP contribution in [0.2, 0.25) is 0 Å². The lowest BCUT2D eigenvalue weighted by Crippen LogP contribution is -2.16. The fourth-order valence-electron chi connectivity index (χ4n) is 2.92. The van der Waals surface area contributed by atoms with Gasteiger partial charge >= 0.3 is 5.97 Å². The molecule has 152 valence electrons. The Morgan fingerprint density at radius 1 is 1.13 bits per heavy atom. The van der Waals surface area contributed by atoms with Gasteiger partial charge in [-0.25, -0.2) is 9.78 Å². The summed E-state index contributed by atoms with van der Waals surface area (Å²) in [7, 11) is 0. The number of nitrogens with zero attached hydrogens (tertiary/aromatic N) is 2. The second-order valence-electron chi connectivity index (χ2n) is 6.53. The highest BCUT2D eigenvalue weighted by molar-refractivity contribution is 9.10. The first-order valence-electron chi connectivity index (χ1n) is 9.12. The van der Waals surface area contributed by atoms with Crippen LogP contribution in [0.1, 0.15) is 27.3 Å². The van der Waals surface area contributed by atoms with Crippen LogP contribution in [0, 0.1) is 6.92 Å². The quantitative estimate of drug-likeness (QED) is 0.369. The third kappa shape index (κ3) is 4.29. The largest absolute Gasteiger partial charge is 0.488 e. The molecule has 2 heterocycles. The van der Waals surface area contributed by atoms with Gasteiger partial charge in [0, 0.05) is 27.2 Å². The van der Waals surface area contributed by atoms with Crippen molar-refractivity contribution in [3.63, 3.8) is 0 Å². The van der Waals surface area contributed by atoms with Crippen molar-refractivity contribution in [1.82, 2.24) is 9.38 Å². The number of carbonyl (C=O) groups excluding carboxylic acids is 1. The number of ether oxygens (including phenoxy) is 2. The second kappa shape index (κ2) is 8.81. The number of halogens is 1. The first-order chi connectivity index (χ1) is 14.5. The van der Waals surface area contributed by atoms with E-state index < -0.39 is 5.97 Å². The predicted octanol–water partition coefficient (Wildman–Crippen LogP) is 4.76. The molecule has 0 spiro atoms. The summed E-state index contributed by atoms with van der Waals surface area (Å²) in [6, 6.07) is 16.0. The van der Waals surface area contributed by atoms with E-state index in [9.17, 15) is 9.59 Å². The highest BCUT2D eigenvalue weighted by Crippen LogP contribution is 2.23. The number of thiazole rings is 1. The van der Waals surface area contributed by atoms with Crippen molar-refractivity contribution >= 4 is 38.2 Å². The Bertz CT molecular complexity index is 1280. The van der Waals surface area contributed by atoms with E-state index in [4.69, 9.17) is 9.47 Å². The van der Waals surface area contributed by atoms with Crippen LogP contribution in [-0.2, 0) is 18.0 Å².